The Morgan fingerprint density at radius 3 is 2.32 bits per heavy atom. The van der Waals surface area contributed by atoms with Crippen molar-refractivity contribution < 1.29 is 14.7 Å². The first-order valence-electron chi connectivity index (χ1n) is 6.35. The van der Waals surface area contributed by atoms with E-state index in [2.05, 4.69) is 5.32 Å². The highest BCUT2D eigenvalue weighted by molar-refractivity contribution is 7.18. The summed E-state index contributed by atoms with van der Waals surface area (Å²) in [6.45, 7) is 0. The summed E-state index contributed by atoms with van der Waals surface area (Å²) in [5.74, 6) is -1.29. The van der Waals surface area contributed by atoms with Crippen LogP contribution in [0.2, 0.25) is 4.34 Å². The van der Waals surface area contributed by atoms with Gasteiger partial charge >= 0.3 is 5.97 Å². The van der Waals surface area contributed by atoms with Crippen LogP contribution in [-0.4, -0.2) is 22.5 Å². The van der Waals surface area contributed by atoms with E-state index in [9.17, 15) is 14.7 Å². The summed E-state index contributed by atoms with van der Waals surface area (Å²) in [6.07, 6.45) is 4.70. The first-order valence-corrected chi connectivity index (χ1v) is 7.54. The minimum Gasteiger partial charge on any atom is -0.480 e. The molecule has 104 valence electrons. The maximum atomic E-state index is 12.1. The number of carbonyl (C=O) groups is 2. The molecule has 1 amide bonds. The molecule has 1 aromatic rings. The molecule has 0 spiro atoms. The fourth-order valence-electron chi connectivity index (χ4n) is 2.44. The van der Waals surface area contributed by atoms with Crippen molar-refractivity contribution in [3.05, 3.63) is 21.3 Å². The Balaban J connectivity index is 2.16. The van der Waals surface area contributed by atoms with E-state index in [4.69, 9.17) is 11.6 Å². The van der Waals surface area contributed by atoms with Gasteiger partial charge in [-0.15, -0.1) is 11.3 Å². The summed E-state index contributed by atoms with van der Waals surface area (Å²) in [4.78, 5) is 24.1. The Morgan fingerprint density at radius 1 is 1.21 bits per heavy atom. The highest BCUT2D eigenvalue weighted by Gasteiger charge is 2.40. The lowest BCUT2D eigenvalue weighted by Gasteiger charge is -2.29. The number of hydrogen-bond acceptors (Lipinski definition) is 3. The summed E-state index contributed by atoms with van der Waals surface area (Å²) in [6, 6.07) is 3.26. The molecule has 1 aliphatic carbocycles. The van der Waals surface area contributed by atoms with Gasteiger partial charge in [0.2, 0.25) is 0 Å². The Kier molecular flexibility index (Phi) is 4.47. The molecule has 1 saturated carbocycles. The standard InChI is InChI=1S/C13H16ClNO3S/c14-10-6-5-9(19-10)11(16)15-13(12(17)18)7-3-1-2-4-8-13/h5-6H,1-4,7-8H2,(H,15,16)(H,17,18). The molecule has 1 aliphatic rings. The Hall–Kier alpha value is -1.07. The molecule has 6 heteroatoms. The van der Waals surface area contributed by atoms with E-state index in [-0.39, 0.29) is 5.91 Å². The van der Waals surface area contributed by atoms with E-state index in [0.717, 1.165) is 37.0 Å². The molecule has 1 fully saturated rings. The van der Waals surface area contributed by atoms with Gasteiger partial charge < -0.3 is 10.4 Å². The molecule has 0 saturated heterocycles. The molecule has 0 unspecified atom stereocenters. The second kappa shape index (κ2) is 5.92. The van der Waals surface area contributed by atoms with Gasteiger partial charge in [0.15, 0.2) is 0 Å². The van der Waals surface area contributed by atoms with Crippen LogP contribution in [0, 0.1) is 0 Å². The molecule has 19 heavy (non-hydrogen) atoms. The molecule has 2 N–H and O–H groups in total. The predicted octanol–water partition coefficient (Wildman–Crippen LogP) is 3.31. The molecular formula is C13H16ClNO3S. The molecule has 0 aromatic carbocycles. The summed E-state index contributed by atoms with van der Waals surface area (Å²) in [5, 5.41) is 12.2. The zero-order valence-electron chi connectivity index (χ0n) is 10.4. The third-order valence-corrected chi connectivity index (χ3v) is 4.75. The summed E-state index contributed by atoms with van der Waals surface area (Å²) in [7, 11) is 0. The monoisotopic (exact) mass is 301 g/mol. The minimum absolute atomic E-state index is 0.346. The first kappa shape index (κ1) is 14.3. The van der Waals surface area contributed by atoms with Crippen LogP contribution in [-0.2, 0) is 4.79 Å². The van der Waals surface area contributed by atoms with Gasteiger partial charge in [-0.1, -0.05) is 37.3 Å². The topological polar surface area (TPSA) is 66.4 Å². The van der Waals surface area contributed by atoms with Crippen molar-refractivity contribution in [1.29, 1.82) is 0 Å². The zero-order valence-corrected chi connectivity index (χ0v) is 12.0. The van der Waals surface area contributed by atoms with E-state index >= 15 is 0 Å². The maximum absolute atomic E-state index is 12.1. The molecule has 0 aliphatic heterocycles. The van der Waals surface area contributed by atoms with Gasteiger partial charge in [-0.05, 0) is 25.0 Å². The number of rotatable bonds is 3. The number of halogens is 1. The van der Waals surface area contributed by atoms with Crippen LogP contribution in [0.1, 0.15) is 48.2 Å². The van der Waals surface area contributed by atoms with Crippen molar-refractivity contribution in [3.63, 3.8) is 0 Å². The fraction of sp³-hybridized carbons (Fsp3) is 0.538. The van der Waals surface area contributed by atoms with Crippen molar-refractivity contribution in [2.24, 2.45) is 0 Å². The Morgan fingerprint density at radius 2 is 1.84 bits per heavy atom. The van der Waals surface area contributed by atoms with Crippen molar-refractivity contribution in [2.45, 2.75) is 44.1 Å². The van der Waals surface area contributed by atoms with Gasteiger partial charge in [0.05, 0.1) is 9.21 Å². The number of nitrogens with one attached hydrogen (secondary N) is 1. The average Bonchev–Trinajstić information content (AvgIpc) is 2.65. The van der Waals surface area contributed by atoms with Gasteiger partial charge in [0.25, 0.3) is 5.91 Å². The number of amides is 1. The summed E-state index contributed by atoms with van der Waals surface area (Å²) < 4.78 is 0.524. The normalized spacial score (nSPS) is 18.6. The highest BCUT2D eigenvalue weighted by Crippen LogP contribution is 2.29. The van der Waals surface area contributed by atoms with Crippen molar-refractivity contribution in [3.8, 4) is 0 Å². The molecule has 0 bridgehead atoms. The first-order chi connectivity index (χ1) is 9.03. The third kappa shape index (κ3) is 3.28. The van der Waals surface area contributed by atoms with Crippen LogP contribution < -0.4 is 5.32 Å². The van der Waals surface area contributed by atoms with Crippen molar-refractivity contribution in [1.82, 2.24) is 5.32 Å². The molecule has 1 heterocycles. The largest absolute Gasteiger partial charge is 0.480 e. The van der Waals surface area contributed by atoms with Gasteiger partial charge in [0, 0.05) is 0 Å². The lowest BCUT2D eigenvalue weighted by Crippen LogP contribution is -2.54. The smallest absolute Gasteiger partial charge is 0.329 e. The average molecular weight is 302 g/mol. The van der Waals surface area contributed by atoms with Gasteiger partial charge in [0.1, 0.15) is 5.54 Å². The van der Waals surface area contributed by atoms with Gasteiger partial charge in [-0.3, -0.25) is 4.79 Å². The van der Waals surface area contributed by atoms with Crippen LogP contribution in [0.15, 0.2) is 12.1 Å². The lowest BCUT2D eigenvalue weighted by atomic mass is 9.90. The number of thiophene rings is 1. The number of aliphatic carboxylic acids is 1. The number of hydrogen-bond donors (Lipinski definition) is 2. The zero-order chi connectivity index (χ0) is 13.9. The molecule has 4 nitrogen and oxygen atoms in total. The molecule has 2 rings (SSSR count). The second-order valence-electron chi connectivity index (χ2n) is 4.86. The number of carboxylic acids is 1. The van der Waals surface area contributed by atoms with Crippen LogP contribution in [0.3, 0.4) is 0 Å². The molecule has 0 radical (unpaired) electrons. The summed E-state index contributed by atoms with van der Waals surface area (Å²) >= 11 is 6.95. The van der Waals surface area contributed by atoms with E-state index in [1.165, 1.54) is 0 Å². The van der Waals surface area contributed by atoms with Crippen molar-refractivity contribution >= 4 is 34.8 Å². The maximum Gasteiger partial charge on any atom is 0.329 e. The van der Waals surface area contributed by atoms with Gasteiger partial charge in [-0.25, -0.2) is 4.79 Å². The molecule has 1 aromatic heterocycles. The number of carboxylic acid groups (broad SMARTS) is 1. The van der Waals surface area contributed by atoms with Crippen LogP contribution in [0.25, 0.3) is 0 Å². The van der Waals surface area contributed by atoms with Crippen LogP contribution in [0.5, 0.6) is 0 Å². The van der Waals surface area contributed by atoms with E-state index < -0.39 is 11.5 Å². The van der Waals surface area contributed by atoms with Crippen molar-refractivity contribution in [2.75, 3.05) is 0 Å². The van der Waals surface area contributed by atoms with E-state index in [0.29, 0.717) is 22.1 Å². The van der Waals surface area contributed by atoms with E-state index in [1.54, 1.807) is 12.1 Å². The van der Waals surface area contributed by atoms with Gasteiger partial charge in [-0.2, -0.15) is 0 Å². The molecular weight excluding hydrogens is 286 g/mol. The third-order valence-electron chi connectivity index (χ3n) is 3.52. The Bertz CT molecular complexity index is 478. The SMILES string of the molecule is O=C(NC1(C(=O)O)CCCCCC1)c1ccc(Cl)s1. The van der Waals surface area contributed by atoms with Crippen LogP contribution in [0.4, 0.5) is 0 Å². The second-order valence-corrected chi connectivity index (χ2v) is 6.57. The lowest BCUT2D eigenvalue weighted by molar-refractivity contribution is -0.145. The fourth-order valence-corrected chi connectivity index (χ4v) is 3.38. The van der Waals surface area contributed by atoms with E-state index in [1.807, 2.05) is 0 Å². The minimum atomic E-state index is -1.12. The number of carbonyl (C=O) groups excluding carboxylic acids is 1. The Labute approximate surface area is 120 Å². The predicted molar refractivity (Wildman–Crippen MR) is 74.9 cm³/mol. The highest BCUT2D eigenvalue weighted by atomic mass is 35.5. The summed E-state index contributed by atoms with van der Waals surface area (Å²) in [5.41, 5.74) is -1.12. The quantitative estimate of drug-likeness (QED) is 0.842. The van der Waals surface area contributed by atoms with Crippen LogP contribution >= 0.6 is 22.9 Å². The molecule has 0 atom stereocenters.